The van der Waals surface area contributed by atoms with Crippen LogP contribution in [0.3, 0.4) is 0 Å². The molecule has 0 aromatic heterocycles. The smallest absolute Gasteiger partial charge is 0.118 e. The Morgan fingerprint density at radius 1 is 0.906 bits per heavy atom. The van der Waals surface area contributed by atoms with E-state index in [0.29, 0.717) is 17.3 Å². The van der Waals surface area contributed by atoms with Gasteiger partial charge in [-0.1, -0.05) is 81.3 Å². The summed E-state index contributed by atoms with van der Waals surface area (Å²) in [5, 5.41) is 29.2. The number of nitrogens with one attached hydrogen (secondary N) is 1. The Morgan fingerprint density at radius 3 is 1.75 bits per heavy atom. The van der Waals surface area contributed by atoms with Crippen LogP contribution in [-0.4, -0.2) is 42.3 Å². The summed E-state index contributed by atoms with van der Waals surface area (Å²) >= 11 is 0. The molecule has 7 heteroatoms. The van der Waals surface area contributed by atoms with Crippen LogP contribution in [0.15, 0.2) is 39.7 Å². The monoisotopic (exact) mass is 444 g/mol. The summed E-state index contributed by atoms with van der Waals surface area (Å²) in [5.74, 6) is -0.215. The van der Waals surface area contributed by atoms with E-state index in [0.717, 1.165) is 12.0 Å². The maximum absolute atomic E-state index is 9.42. The second-order valence-corrected chi connectivity index (χ2v) is 10.4. The van der Waals surface area contributed by atoms with Crippen LogP contribution in [0.1, 0.15) is 84.8 Å². The topological polar surface area (TPSA) is 99.6 Å². The molecule has 32 heavy (non-hydrogen) atoms. The van der Waals surface area contributed by atoms with Crippen molar-refractivity contribution in [2.24, 2.45) is 26.3 Å². The van der Waals surface area contributed by atoms with Gasteiger partial charge >= 0.3 is 0 Å². The number of hydrogen-bond acceptors (Lipinski definition) is 7. The normalized spacial score (nSPS) is 15.9. The predicted octanol–water partition coefficient (Wildman–Crippen LogP) is 6.23. The van der Waals surface area contributed by atoms with Crippen molar-refractivity contribution < 1.29 is 14.9 Å². The van der Waals surface area contributed by atoms with Gasteiger partial charge in [-0.25, -0.2) is 0 Å². The van der Waals surface area contributed by atoms with Crippen LogP contribution in [0.25, 0.3) is 0 Å². The Hall–Kier alpha value is -2.70. The van der Waals surface area contributed by atoms with Crippen LogP contribution in [0, 0.1) is 16.2 Å². The van der Waals surface area contributed by atoms with Crippen LogP contribution < -0.4 is 0 Å². The highest BCUT2D eigenvalue weighted by Crippen LogP contribution is 2.43. The second kappa shape index (κ2) is 11.2. The van der Waals surface area contributed by atoms with E-state index in [1.54, 1.807) is 13.8 Å². The summed E-state index contributed by atoms with van der Waals surface area (Å²) in [7, 11) is 2.86. The average Bonchev–Trinajstić information content (AvgIpc) is 2.69. The molecule has 0 fully saturated rings. The first kappa shape index (κ1) is 27.3. The third kappa shape index (κ3) is 7.46. The molecule has 2 atom stereocenters. The molecular formula is C25H40N4O3. The van der Waals surface area contributed by atoms with Gasteiger partial charge in [-0.3, -0.25) is 0 Å². The molecular weight excluding hydrogens is 404 g/mol. The molecule has 0 spiro atoms. The molecule has 2 unspecified atom stereocenters. The maximum Gasteiger partial charge on any atom is 0.118 e. The fraction of sp³-hybridized carbons (Fsp3) is 0.600. The Morgan fingerprint density at radius 2 is 1.38 bits per heavy atom. The molecule has 0 heterocycles. The van der Waals surface area contributed by atoms with E-state index in [1.165, 1.54) is 19.8 Å². The lowest BCUT2D eigenvalue weighted by molar-refractivity contribution is 0.211. The summed E-state index contributed by atoms with van der Waals surface area (Å²) in [6.45, 7) is 16.9. The highest BCUT2D eigenvalue weighted by Gasteiger charge is 2.32. The van der Waals surface area contributed by atoms with Crippen molar-refractivity contribution >= 4 is 22.8 Å². The van der Waals surface area contributed by atoms with E-state index < -0.39 is 5.92 Å². The number of hydrogen-bond donors (Lipinski definition) is 2. The van der Waals surface area contributed by atoms with Crippen molar-refractivity contribution in [2.45, 2.75) is 73.6 Å². The lowest BCUT2D eigenvalue weighted by Crippen LogP contribution is -2.31. The molecule has 1 rings (SSSR count). The fourth-order valence-electron chi connectivity index (χ4n) is 3.82. The molecule has 0 aliphatic rings. The van der Waals surface area contributed by atoms with Gasteiger partial charge in [0.25, 0.3) is 0 Å². The molecule has 0 aliphatic carbocycles. The van der Waals surface area contributed by atoms with Gasteiger partial charge in [-0.05, 0) is 48.1 Å². The van der Waals surface area contributed by atoms with Gasteiger partial charge in [0.05, 0.1) is 11.6 Å². The summed E-state index contributed by atoms with van der Waals surface area (Å²) in [6, 6.07) is 8.30. The number of benzene rings is 1. The quantitative estimate of drug-likeness (QED) is 0.268. The zero-order valence-electron chi connectivity index (χ0n) is 21.3. The summed E-state index contributed by atoms with van der Waals surface area (Å²) < 4.78 is 0. The minimum atomic E-state index is -0.590. The Bertz CT molecular complexity index is 857. The fourth-order valence-corrected chi connectivity index (χ4v) is 3.82. The van der Waals surface area contributed by atoms with Crippen LogP contribution in [0.2, 0.25) is 0 Å². The van der Waals surface area contributed by atoms with Gasteiger partial charge in [0.2, 0.25) is 0 Å². The van der Waals surface area contributed by atoms with E-state index in [4.69, 9.17) is 15.1 Å². The van der Waals surface area contributed by atoms with Gasteiger partial charge in [-0.15, -0.1) is 0 Å². The zero-order chi connectivity index (χ0) is 24.7. The van der Waals surface area contributed by atoms with Gasteiger partial charge in [0, 0.05) is 0 Å². The third-order valence-corrected chi connectivity index (χ3v) is 5.37. The van der Waals surface area contributed by atoms with Crippen molar-refractivity contribution in [1.82, 2.24) is 0 Å². The SMILES string of the molecule is CO/N=C(\C(C)=N)C(C(=N/OC)/C(C)=N\O)c1ccc(C(CC(C)(C)C)C(C)(C)C)cc1. The number of oxime groups is 3. The van der Waals surface area contributed by atoms with Gasteiger partial charge in [-0.2, -0.15) is 0 Å². The molecule has 0 bridgehead atoms. The molecule has 0 radical (unpaired) electrons. The molecule has 0 saturated carbocycles. The molecule has 1 aromatic rings. The molecule has 1 aromatic carbocycles. The molecule has 2 N–H and O–H groups in total. The maximum atomic E-state index is 9.42. The largest absolute Gasteiger partial charge is 0.411 e. The van der Waals surface area contributed by atoms with E-state index >= 15 is 0 Å². The zero-order valence-corrected chi connectivity index (χ0v) is 21.3. The molecule has 0 aliphatic heterocycles. The molecule has 0 saturated heterocycles. The number of nitrogens with zero attached hydrogens (tertiary/aromatic N) is 3. The van der Waals surface area contributed by atoms with Gasteiger partial charge in [0.15, 0.2) is 0 Å². The van der Waals surface area contributed by atoms with Crippen LogP contribution >= 0.6 is 0 Å². The van der Waals surface area contributed by atoms with Gasteiger partial charge in [0.1, 0.15) is 31.4 Å². The Labute approximate surface area is 193 Å². The van der Waals surface area contributed by atoms with Crippen molar-refractivity contribution in [1.29, 1.82) is 5.41 Å². The van der Waals surface area contributed by atoms with E-state index in [9.17, 15) is 5.21 Å². The molecule has 0 amide bonds. The van der Waals surface area contributed by atoms with Crippen LogP contribution in [0.5, 0.6) is 0 Å². The van der Waals surface area contributed by atoms with Crippen molar-refractivity contribution in [3.63, 3.8) is 0 Å². The van der Waals surface area contributed by atoms with Crippen molar-refractivity contribution in [3.8, 4) is 0 Å². The summed E-state index contributed by atoms with van der Waals surface area (Å²) in [5.41, 5.74) is 3.60. The van der Waals surface area contributed by atoms with E-state index in [-0.39, 0.29) is 22.3 Å². The summed E-state index contributed by atoms with van der Waals surface area (Å²) in [4.78, 5) is 10.0. The standard InChI is InChI=1S/C25H40N4O3/c1-16(26)22(28-31-9)21(23(29-32-10)17(2)27-30)19-13-11-18(12-14-19)20(25(6,7)8)15-24(3,4)5/h11-14,20-21,26,30H,15H2,1-10H3/b26-16?,27-17-,28-22+,29-23+. The average molecular weight is 445 g/mol. The minimum Gasteiger partial charge on any atom is -0.411 e. The van der Waals surface area contributed by atoms with Crippen molar-refractivity contribution in [2.75, 3.05) is 14.2 Å². The van der Waals surface area contributed by atoms with E-state index in [1.807, 2.05) is 12.1 Å². The van der Waals surface area contributed by atoms with Gasteiger partial charge < -0.3 is 20.3 Å². The summed E-state index contributed by atoms with van der Waals surface area (Å²) in [6.07, 6.45) is 1.06. The Balaban J connectivity index is 3.64. The minimum absolute atomic E-state index is 0.102. The third-order valence-electron chi connectivity index (χ3n) is 5.37. The first-order valence-electron chi connectivity index (χ1n) is 10.8. The lowest BCUT2D eigenvalue weighted by Gasteiger charge is -2.36. The Kier molecular flexibility index (Phi) is 9.61. The van der Waals surface area contributed by atoms with E-state index in [2.05, 4.69) is 69.1 Å². The van der Waals surface area contributed by atoms with Crippen molar-refractivity contribution in [3.05, 3.63) is 35.4 Å². The molecule has 178 valence electrons. The second-order valence-electron chi connectivity index (χ2n) is 10.4. The van der Waals surface area contributed by atoms with Crippen LogP contribution in [0.4, 0.5) is 0 Å². The number of rotatable bonds is 9. The predicted molar refractivity (Wildman–Crippen MR) is 133 cm³/mol. The first-order valence-corrected chi connectivity index (χ1v) is 10.8. The lowest BCUT2D eigenvalue weighted by atomic mass is 9.69. The molecule has 7 nitrogen and oxygen atoms in total. The highest BCUT2D eigenvalue weighted by molar-refractivity contribution is 6.55. The highest BCUT2D eigenvalue weighted by atomic mass is 16.6. The van der Waals surface area contributed by atoms with Crippen LogP contribution in [-0.2, 0) is 9.68 Å². The first-order chi connectivity index (χ1) is 14.8.